The quantitative estimate of drug-likeness (QED) is 0.843. The molecule has 1 atom stereocenters. The van der Waals surface area contributed by atoms with Gasteiger partial charge < -0.3 is 15.0 Å². The Morgan fingerprint density at radius 3 is 2.48 bits per heavy atom. The van der Waals surface area contributed by atoms with Gasteiger partial charge in [0.15, 0.2) is 0 Å². The predicted octanol–water partition coefficient (Wildman–Crippen LogP) is 1.60. The third-order valence-corrected chi connectivity index (χ3v) is 3.11. The Balaban J connectivity index is 2.11. The van der Waals surface area contributed by atoms with E-state index in [0.29, 0.717) is 22.6 Å². The van der Waals surface area contributed by atoms with Crippen molar-refractivity contribution in [3.8, 4) is 0 Å². The Morgan fingerprint density at radius 2 is 1.95 bits per heavy atom. The van der Waals surface area contributed by atoms with Crippen LogP contribution in [0.5, 0.6) is 0 Å². The maximum atomic E-state index is 12.0. The van der Waals surface area contributed by atoms with Crippen LogP contribution in [0.2, 0.25) is 0 Å². The normalized spacial score (nSPS) is 11.9. The molecule has 1 aromatic heterocycles. The van der Waals surface area contributed by atoms with Gasteiger partial charge >= 0.3 is 5.97 Å². The van der Waals surface area contributed by atoms with Crippen molar-refractivity contribution in [3.63, 3.8) is 0 Å². The first-order valence-corrected chi connectivity index (χ1v) is 6.44. The number of aromatic nitrogens is 1. The lowest BCUT2D eigenvalue weighted by Crippen LogP contribution is -2.26. The van der Waals surface area contributed by atoms with Crippen molar-refractivity contribution >= 4 is 11.9 Å². The van der Waals surface area contributed by atoms with E-state index in [1.54, 1.807) is 44.2 Å². The molecule has 0 bridgehead atoms. The van der Waals surface area contributed by atoms with E-state index >= 15 is 0 Å². The van der Waals surface area contributed by atoms with Crippen LogP contribution in [-0.2, 0) is 20.7 Å². The highest BCUT2D eigenvalue weighted by molar-refractivity contribution is 5.84. The van der Waals surface area contributed by atoms with Crippen LogP contribution < -0.4 is 5.73 Å². The average molecular weight is 288 g/mol. The number of primary amides is 1. The second-order valence-electron chi connectivity index (χ2n) is 4.66. The minimum atomic E-state index is -1.10. The smallest absolute Gasteiger partial charge is 0.311 e. The molecule has 0 saturated heterocycles. The number of nitrogens with two attached hydrogens (primary N) is 1. The van der Waals surface area contributed by atoms with E-state index in [4.69, 9.17) is 15.0 Å². The lowest BCUT2D eigenvalue weighted by Gasteiger charge is -2.14. The molecule has 6 nitrogen and oxygen atoms in total. The lowest BCUT2D eigenvalue weighted by molar-refractivity contribution is -0.154. The molecule has 2 aromatic rings. The third-order valence-electron chi connectivity index (χ3n) is 3.11. The molecule has 2 N–H and O–H groups in total. The molecule has 6 heteroatoms. The molecule has 0 aliphatic carbocycles. The molecule has 0 aliphatic heterocycles. The molecule has 2 rings (SSSR count). The minimum absolute atomic E-state index is 0.0161. The van der Waals surface area contributed by atoms with Gasteiger partial charge in [-0.05, 0) is 13.8 Å². The summed E-state index contributed by atoms with van der Waals surface area (Å²) in [5, 5.41) is 3.77. The van der Waals surface area contributed by atoms with Gasteiger partial charge in [0, 0.05) is 11.1 Å². The number of carbonyl (C=O) groups excluding carboxylic acids is 2. The van der Waals surface area contributed by atoms with E-state index in [1.807, 2.05) is 0 Å². The largest absolute Gasteiger partial charge is 0.447 e. The summed E-state index contributed by atoms with van der Waals surface area (Å²) in [6.45, 7) is 3.45. The van der Waals surface area contributed by atoms with E-state index in [2.05, 4.69) is 5.16 Å². The number of esters is 1. The maximum Gasteiger partial charge on any atom is 0.311 e. The lowest BCUT2D eigenvalue weighted by atomic mass is 10.1. The zero-order chi connectivity index (χ0) is 15.4. The Morgan fingerprint density at radius 1 is 1.29 bits per heavy atom. The van der Waals surface area contributed by atoms with E-state index in [1.165, 1.54) is 0 Å². The Bertz CT molecular complexity index is 629. The first kappa shape index (κ1) is 14.8. The van der Waals surface area contributed by atoms with E-state index < -0.39 is 18.0 Å². The summed E-state index contributed by atoms with van der Waals surface area (Å²) in [6.07, 6.45) is -1.11. The molecule has 0 radical (unpaired) electrons. The molecule has 1 unspecified atom stereocenters. The topological polar surface area (TPSA) is 95.4 Å². The molecule has 0 fully saturated rings. The molecule has 0 aliphatic rings. The number of rotatable bonds is 5. The highest BCUT2D eigenvalue weighted by Crippen LogP contribution is 2.19. The van der Waals surface area contributed by atoms with Gasteiger partial charge in [-0.1, -0.05) is 35.5 Å². The van der Waals surface area contributed by atoms with Gasteiger partial charge in [-0.2, -0.15) is 0 Å². The first-order chi connectivity index (χ1) is 9.99. The molecule has 1 amide bonds. The van der Waals surface area contributed by atoms with Gasteiger partial charge in [0.1, 0.15) is 5.76 Å². The summed E-state index contributed by atoms with van der Waals surface area (Å²) in [7, 11) is 0. The molecule has 1 heterocycles. The predicted molar refractivity (Wildman–Crippen MR) is 74.2 cm³/mol. The first-order valence-electron chi connectivity index (χ1n) is 6.44. The van der Waals surface area contributed by atoms with Crippen LogP contribution in [-0.4, -0.2) is 17.0 Å². The number of aryl methyl sites for hydroxylation is 2. The number of ether oxygens (including phenoxy) is 1. The van der Waals surface area contributed by atoms with E-state index in [9.17, 15) is 9.59 Å². The number of hydrogen-bond acceptors (Lipinski definition) is 5. The Hall–Kier alpha value is -2.63. The number of benzene rings is 1. The zero-order valence-corrected chi connectivity index (χ0v) is 11.8. The van der Waals surface area contributed by atoms with Gasteiger partial charge in [0.05, 0.1) is 12.1 Å². The highest BCUT2D eigenvalue weighted by Gasteiger charge is 2.23. The summed E-state index contributed by atoms with van der Waals surface area (Å²) in [5.74, 6) is -0.717. The fraction of sp³-hybridized carbons (Fsp3) is 0.267. The van der Waals surface area contributed by atoms with Crippen LogP contribution in [0.3, 0.4) is 0 Å². The summed E-state index contributed by atoms with van der Waals surface area (Å²) in [6, 6.07) is 8.64. The second kappa shape index (κ2) is 6.21. The van der Waals surface area contributed by atoms with E-state index in [0.717, 1.165) is 0 Å². The van der Waals surface area contributed by atoms with Gasteiger partial charge in [-0.15, -0.1) is 0 Å². The highest BCUT2D eigenvalue weighted by atomic mass is 16.5. The Kier molecular flexibility index (Phi) is 4.37. The zero-order valence-electron chi connectivity index (χ0n) is 11.8. The summed E-state index contributed by atoms with van der Waals surface area (Å²) in [5.41, 5.74) is 7.13. The molecular weight excluding hydrogens is 272 g/mol. The van der Waals surface area contributed by atoms with Crippen LogP contribution in [0.4, 0.5) is 0 Å². The number of amides is 1. The van der Waals surface area contributed by atoms with Gasteiger partial charge in [0.2, 0.25) is 6.10 Å². The molecule has 110 valence electrons. The number of carbonyl (C=O) groups is 2. The monoisotopic (exact) mass is 288 g/mol. The summed E-state index contributed by atoms with van der Waals surface area (Å²) >= 11 is 0. The van der Waals surface area contributed by atoms with Gasteiger partial charge in [-0.3, -0.25) is 9.59 Å². The van der Waals surface area contributed by atoms with Crippen molar-refractivity contribution in [2.75, 3.05) is 0 Å². The number of nitrogens with zero attached hydrogens (tertiary/aromatic N) is 1. The van der Waals surface area contributed by atoms with Crippen LogP contribution in [0.25, 0.3) is 0 Å². The third kappa shape index (κ3) is 3.47. The van der Waals surface area contributed by atoms with Crippen molar-refractivity contribution in [3.05, 3.63) is 52.9 Å². The van der Waals surface area contributed by atoms with Crippen molar-refractivity contribution < 1.29 is 18.8 Å². The minimum Gasteiger partial charge on any atom is -0.447 e. The van der Waals surface area contributed by atoms with Crippen LogP contribution >= 0.6 is 0 Å². The number of hydrogen-bond donors (Lipinski definition) is 1. The van der Waals surface area contributed by atoms with Crippen molar-refractivity contribution in [2.45, 2.75) is 26.4 Å². The fourth-order valence-electron chi connectivity index (χ4n) is 1.99. The molecular formula is C15H16N2O4. The Labute approximate surface area is 121 Å². The van der Waals surface area contributed by atoms with Crippen LogP contribution in [0.1, 0.15) is 28.7 Å². The molecule has 21 heavy (non-hydrogen) atoms. The second-order valence-corrected chi connectivity index (χ2v) is 4.66. The maximum absolute atomic E-state index is 12.0. The van der Waals surface area contributed by atoms with Gasteiger partial charge in [0.25, 0.3) is 5.91 Å². The summed E-state index contributed by atoms with van der Waals surface area (Å²) in [4.78, 5) is 23.5. The van der Waals surface area contributed by atoms with Crippen molar-refractivity contribution in [2.24, 2.45) is 5.73 Å². The van der Waals surface area contributed by atoms with Crippen molar-refractivity contribution in [1.29, 1.82) is 0 Å². The standard InChI is InChI=1S/C15H16N2O4/c1-9-12(10(2)21-17-9)8-13(18)20-14(15(16)19)11-6-4-3-5-7-11/h3-7,14H,8H2,1-2H3,(H2,16,19). The van der Waals surface area contributed by atoms with E-state index in [-0.39, 0.29) is 6.42 Å². The molecule has 0 spiro atoms. The average Bonchev–Trinajstić information content (AvgIpc) is 2.77. The van der Waals surface area contributed by atoms with Crippen LogP contribution in [0.15, 0.2) is 34.9 Å². The fourth-order valence-corrected chi connectivity index (χ4v) is 1.99. The van der Waals surface area contributed by atoms with Crippen molar-refractivity contribution in [1.82, 2.24) is 5.16 Å². The summed E-state index contributed by atoms with van der Waals surface area (Å²) < 4.78 is 10.2. The SMILES string of the molecule is Cc1noc(C)c1CC(=O)OC(C(N)=O)c1ccccc1. The molecule has 1 aromatic carbocycles. The molecule has 0 saturated carbocycles. The van der Waals surface area contributed by atoms with Gasteiger partial charge in [-0.25, -0.2) is 0 Å². The van der Waals surface area contributed by atoms with Crippen LogP contribution in [0, 0.1) is 13.8 Å².